The second kappa shape index (κ2) is 4.57. The predicted molar refractivity (Wildman–Crippen MR) is 64.9 cm³/mol. The van der Waals surface area contributed by atoms with Gasteiger partial charge in [-0.2, -0.15) is 16.9 Å². The van der Waals surface area contributed by atoms with E-state index in [2.05, 4.69) is 26.3 Å². The van der Waals surface area contributed by atoms with Crippen LogP contribution in [0.15, 0.2) is 10.8 Å². The summed E-state index contributed by atoms with van der Waals surface area (Å²) in [5.74, 6) is 2.55. The van der Waals surface area contributed by atoms with E-state index in [-0.39, 0.29) is 0 Å². The van der Waals surface area contributed by atoms with Gasteiger partial charge in [-0.05, 0) is 40.3 Å². The van der Waals surface area contributed by atoms with Gasteiger partial charge in [0.1, 0.15) is 4.60 Å². The maximum atomic E-state index is 4.18. The third kappa shape index (κ3) is 2.25. The van der Waals surface area contributed by atoms with Gasteiger partial charge in [0.25, 0.3) is 0 Å². The first-order valence-electron chi connectivity index (χ1n) is 4.79. The van der Waals surface area contributed by atoms with Gasteiger partial charge in [0.05, 0.1) is 11.9 Å². The van der Waals surface area contributed by atoms with E-state index in [4.69, 9.17) is 0 Å². The van der Waals surface area contributed by atoms with Crippen molar-refractivity contribution in [2.75, 3.05) is 16.8 Å². The highest BCUT2D eigenvalue weighted by atomic mass is 79.9. The Kier molecular flexibility index (Phi) is 3.38. The molecule has 0 bridgehead atoms. The summed E-state index contributed by atoms with van der Waals surface area (Å²) in [4.78, 5) is 0. The molecule has 1 aromatic rings. The SMILES string of the molecule is Cn1ncc(NC2CCSCC2)c1Br. The van der Waals surface area contributed by atoms with Crippen molar-refractivity contribution in [2.24, 2.45) is 7.05 Å². The fraction of sp³-hybridized carbons (Fsp3) is 0.667. The van der Waals surface area contributed by atoms with Crippen LogP contribution in [0, 0.1) is 0 Å². The summed E-state index contributed by atoms with van der Waals surface area (Å²) >= 11 is 5.56. The molecule has 2 heterocycles. The van der Waals surface area contributed by atoms with E-state index in [0.717, 1.165) is 10.3 Å². The van der Waals surface area contributed by atoms with Crippen molar-refractivity contribution in [2.45, 2.75) is 18.9 Å². The first-order valence-corrected chi connectivity index (χ1v) is 6.74. The zero-order valence-electron chi connectivity index (χ0n) is 8.16. The number of thioether (sulfide) groups is 1. The van der Waals surface area contributed by atoms with E-state index in [0.29, 0.717) is 6.04 Å². The third-order valence-corrected chi connectivity index (χ3v) is 4.44. The smallest absolute Gasteiger partial charge is 0.126 e. The minimum absolute atomic E-state index is 0.622. The molecule has 1 saturated heterocycles. The molecule has 1 aliphatic heterocycles. The molecule has 0 aliphatic carbocycles. The Morgan fingerprint density at radius 1 is 1.57 bits per heavy atom. The normalized spacial score (nSPS) is 18.4. The molecule has 0 amide bonds. The lowest BCUT2D eigenvalue weighted by atomic mass is 10.1. The number of hydrogen-bond acceptors (Lipinski definition) is 3. The maximum absolute atomic E-state index is 4.18. The van der Waals surface area contributed by atoms with Crippen LogP contribution in [-0.2, 0) is 7.05 Å². The van der Waals surface area contributed by atoms with Gasteiger partial charge in [0, 0.05) is 13.1 Å². The fourth-order valence-electron chi connectivity index (χ4n) is 1.58. The summed E-state index contributed by atoms with van der Waals surface area (Å²) in [7, 11) is 1.94. The van der Waals surface area contributed by atoms with Crippen LogP contribution in [-0.4, -0.2) is 27.3 Å². The topological polar surface area (TPSA) is 29.9 Å². The average Bonchev–Trinajstić information content (AvgIpc) is 2.52. The molecular formula is C9H14BrN3S. The lowest BCUT2D eigenvalue weighted by molar-refractivity contribution is 0.666. The largest absolute Gasteiger partial charge is 0.379 e. The fourth-order valence-corrected chi connectivity index (χ4v) is 3.00. The number of hydrogen-bond donors (Lipinski definition) is 1. The molecule has 3 nitrogen and oxygen atoms in total. The molecular weight excluding hydrogens is 262 g/mol. The second-order valence-corrected chi connectivity index (χ2v) is 5.48. The summed E-state index contributed by atoms with van der Waals surface area (Å²) in [6.45, 7) is 0. The number of aryl methyl sites for hydroxylation is 1. The Balaban J connectivity index is 1.99. The Bertz CT molecular complexity index is 307. The molecule has 0 atom stereocenters. The molecule has 0 radical (unpaired) electrons. The van der Waals surface area contributed by atoms with E-state index < -0.39 is 0 Å². The molecule has 1 fully saturated rings. The second-order valence-electron chi connectivity index (χ2n) is 3.50. The molecule has 2 rings (SSSR count). The Morgan fingerprint density at radius 2 is 2.29 bits per heavy atom. The van der Waals surface area contributed by atoms with Gasteiger partial charge in [-0.15, -0.1) is 0 Å². The molecule has 14 heavy (non-hydrogen) atoms. The maximum Gasteiger partial charge on any atom is 0.126 e. The van der Waals surface area contributed by atoms with Crippen molar-refractivity contribution < 1.29 is 0 Å². The van der Waals surface area contributed by atoms with Gasteiger partial charge in [0.2, 0.25) is 0 Å². The zero-order valence-corrected chi connectivity index (χ0v) is 10.6. The number of anilines is 1. The van der Waals surface area contributed by atoms with E-state index in [1.165, 1.54) is 24.3 Å². The Labute approximate surface area is 96.8 Å². The van der Waals surface area contributed by atoms with Crippen molar-refractivity contribution >= 4 is 33.4 Å². The molecule has 5 heteroatoms. The van der Waals surface area contributed by atoms with E-state index in [9.17, 15) is 0 Å². The van der Waals surface area contributed by atoms with Crippen molar-refractivity contribution in [3.8, 4) is 0 Å². The number of nitrogens with one attached hydrogen (secondary N) is 1. The zero-order chi connectivity index (χ0) is 9.97. The van der Waals surface area contributed by atoms with Gasteiger partial charge in [-0.3, -0.25) is 4.68 Å². The Morgan fingerprint density at radius 3 is 2.86 bits per heavy atom. The van der Waals surface area contributed by atoms with Crippen LogP contribution in [0.3, 0.4) is 0 Å². The van der Waals surface area contributed by atoms with Crippen LogP contribution >= 0.6 is 27.7 Å². The van der Waals surface area contributed by atoms with Gasteiger partial charge in [-0.1, -0.05) is 0 Å². The average molecular weight is 276 g/mol. The quantitative estimate of drug-likeness (QED) is 0.900. The van der Waals surface area contributed by atoms with Crippen LogP contribution in [0.4, 0.5) is 5.69 Å². The molecule has 0 spiro atoms. The van der Waals surface area contributed by atoms with Gasteiger partial charge >= 0.3 is 0 Å². The first kappa shape index (κ1) is 10.4. The van der Waals surface area contributed by atoms with Crippen LogP contribution in [0.2, 0.25) is 0 Å². The molecule has 1 N–H and O–H groups in total. The monoisotopic (exact) mass is 275 g/mol. The predicted octanol–water partition coefficient (Wildman–Crippen LogP) is 2.49. The molecule has 1 aromatic heterocycles. The van der Waals surface area contributed by atoms with E-state index >= 15 is 0 Å². The summed E-state index contributed by atoms with van der Waals surface area (Å²) in [6.07, 6.45) is 4.39. The van der Waals surface area contributed by atoms with Crippen molar-refractivity contribution in [1.82, 2.24) is 9.78 Å². The minimum Gasteiger partial charge on any atom is -0.379 e. The van der Waals surface area contributed by atoms with Crippen LogP contribution < -0.4 is 5.32 Å². The standard InChI is InChI=1S/C9H14BrN3S/c1-13-9(10)8(6-11-13)12-7-2-4-14-5-3-7/h6-7,12H,2-5H2,1H3. The molecule has 0 saturated carbocycles. The Hall–Kier alpha value is -0.160. The highest BCUT2D eigenvalue weighted by Gasteiger charge is 2.15. The number of aromatic nitrogens is 2. The third-order valence-electron chi connectivity index (χ3n) is 2.45. The lowest BCUT2D eigenvalue weighted by Crippen LogP contribution is -2.24. The highest BCUT2D eigenvalue weighted by molar-refractivity contribution is 9.10. The van der Waals surface area contributed by atoms with E-state index in [1.54, 1.807) is 0 Å². The van der Waals surface area contributed by atoms with Crippen molar-refractivity contribution in [3.05, 3.63) is 10.8 Å². The highest BCUT2D eigenvalue weighted by Crippen LogP contribution is 2.25. The van der Waals surface area contributed by atoms with Crippen LogP contribution in [0.5, 0.6) is 0 Å². The van der Waals surface area contributed by atoms with Gasteiger partial charge in [-0.25, -0.2) is 0 Å². The molecule has 1 aliphatic rings. The number of rotatable bonds is 2. The first-order chi connectivity index (χ1) is 6.77. The van der Waals surface area contributed by atoms with Gasteiger partial charge in [0.15, 0.2) is 0 Å². The van der Waals surface area contributed by atoms with E-state index in [1.807, 2.05) is 29.7 Å². The molecule has 78 valence electrons. The minimum atomic E-state index is 0.622. The van der Waals surface area contributed by atoms with Crippen LogP contribution in [0.25, 0.3) is 0 Å². The summed E-state index contributed by atoms with van der Waals surface area (Å²) in [5, 5.41) is 7.71. The summed E-state index contributed by atoms with van der Waals surface area (Å²) in [6, 6.07) is 0.622. The number of nitrogens with zero attached hydrogens (tertiary/aromatic N) is 2. The van der Waals surface area contributed by atoms with Crippen LogP contribution in [0.1, 0.15) is 12.8 Å². The molecule has 0 unspecified atom stereocenters. The van der Waals surface area contributed by atoms with Gasteiger partial charge < -0.3 is 5.32 Å². The van der Waals surface area contributed by atoms with Crippen molar-refractivity contribution in [1.29, 1.82) is 0 Å². The summed E-state index contributed by atoms with van der Waals surface area (Å²) in [5.41, 5.74) is 1.12. The molecule has 0 aromatic carbocycles. The van der Waals surface area contributed by atoms with Crippen molar-refractivity contribution in [3.63, 3.8) is 0 Å². The lowest BCUT2D eigenvalue weighted by Gasteiger charge is -2.22. The summed E-state index contributed by atoms with van der Waals surface area (Å²) < 4.78 is 2.87. The number of halogens is 1.